The van der Waals surface area contributed by atoms with E-state index in [2.05, 4.69) is 11.0 Å². The minimum Gasteiger partial charge on any atom is -0.495 e. The van der Waals surface area contributed by atoms with Crippen LogP contribution in [-0.4, -0.2) is 25.8 Å². The van der Waals surface area contributed by atoms with E-state index in [1.54, 1.807) is 19.2 Å². The van der Waals surface area contributed by atoms with Crippen molar-refractivity contribution in [3.63, 3.8) is 0 Å². The largest absolute Gasteiger partial charge is 0.495 e. The Kier molecular flexibility index (Phi) is 4.84. The van der Waals surface area contributed by atoms with Gasteiger partial charge in [-0.25, -0.2) is 4.39 Å². The molecule has 0 bridgehead atoms. The molecule has 27 heavy (non-hydrogen) atoms. The van der Waals surface area contributed by atoms with Crippen LogP contribution in [0.15, 0.2) is 36.4 Å². The van der Waals surface area contributed by atoms with E-state index in [4.69, 9.17) is 26.3 Å². The highest BCUT2D eigenvalue weighted by Gasteiger charge is 2.51. The van der Waals surface area contributed by atoms with Gasteiger partial charge in [-0.1, -0.05) is 6.07 Å². The molecule has 1 aliphatic heterocycles. The second kappa shape index (κ2) is 7.28. The van der Waals surface area contributed by atoms with Gasteiger partial charge in [0.2, 0.25) is 0 Å². The number of methoxy groups -OCH3 is 1. The van der Waals surface area contributed by atoms with E-state index in [0.717, 1.165) is 30.6 Å². The van der Waals surface area contributed by atoms with Crippen LogP contribution in [0.3, 0.4) is 0 Å². The summed E-state index contributed by atoms with van der Waals surface area (Å²) in [4.78, 5) is 2.35. The molecule has 1 heterocycles. The SMILES string of the molecule is COc1cc(N2CCC(Oc3cc(F)ccc3CCl)C3CC32)ccc1C#N. The Morgan fingerprint density at radius 2 is 2.11 bits per heavy atom. The number of nitrogens with zero attached hydrogens (tertiary/aromatic N) is 2. The first-order valence-electron chi connectivity index (χ1n) is 9.00. The highest BCUT2D eigenvalue weighted by atomic mass is 35.5. The van der Waals surface area contributed by atoms with Crippen LogP contribution in [0.25, 0.3) is 0 Å². The molecule has 140 valence electrons. The fourth-order valence-electron chi connectivity index (χ4n) is 3.93. The third-order valence-corrected chi connectivity index (χ3v) is 5.71. The van der Waals surface area contributed by atoms with Crippen LogP contribution in [0, 0.1) is 23.1 Å². The Hall–Kier alpha value is -2.45. The monoisotopic (exact) mass is 386 g/mol. The summed E-state index contributed by atoms with van der Waals surface area (Å²) in [6.45, 7) is 0.840. The topological polar surface area (TPSA) is 45.5 Å². The minimum atomic E-state index is -0.312. The summed E-state index contributed by atoms with van der Waals surface area (Å²) in [5, 5.41) is 9.15. The number of hydrogen-bond acceptors (Lipinski definition) is 4. The van der Waals surface area contributed by atoms with E-state index in [0.29, 0.717) is 34.9 Å². The fraction of sp³-hybridized carbons (Fsp3) is 0.381. The normalized spacial score (nSPS) is 23.3. The summed E-state index contributed by atoms with van der Waals surface area (Å²) in [6.07, 6.45) is 1.95. The van der Waals surface area contributed by atoms with Crippen LogP contribution < -0.4 is 14.4 Å². The Bertz CT molecular complexity index is 898. The van der Waals surface area contributed by atoms with E-state index in [1.807, 2.05) is 12.1 Å². The number of halogens is 2. The van der Waals surface area contributed by atoms with E-state index >= 15 is 0 Å². The van der Waals surface area contributed by atoms with Crippen LogP contribution in [0.4, 0.5) is 10.1 Å². The van der Waals surface area contributed by atoms with Gasteiger partial charge >= 0.3 is 0 Å². The average Bonchev–Trinajstić information content (AvgIpc) is 3.49. The number of hydrogen-bond donors (Lipinski definition) is 0. The lowest BCUT2D eigenvalue weighted by Crippen LogP contribution is -2.39. The lowest BCUT2D eigenvalue weighted by Gasteiger charge is -2.33. The standard InChI is InChI=1S/C21H20ClFN2O2/c1-26-20-9-16(5-3-14(20)12-24)25-7-6-19(17-10-18(17)25)27-21-8-15(23)4-2-13(21)11-22/h2-5,8-9,17-19H,6-7,10-11H2,1H3. The Morgan fingerprint density at radius 3 is 2.85 bits per heavy atom. The number of benzene rings is 2. The maximum absolute atomic E-state index is 13.6. The molecule has 0 N–H and O–H groups in total. The second-order valence-electron chi connectivity index (χ2n) is 6.99. The van der Waals surface area contributed by atoms with E-state index < -0.39 is 0 Å². The van der Waals surface area contributed by atoms with Gasteiger partial charge in [-0.05, 0) is 24.6 Å². The molecule has 2 aromatic carbocycles. The molecule has 0 radical (unpaired) electrons. The van der Waals surface area contributed by atoms with Gasteiger partial charge in [0.1, 0.15) is 29.5 Å². The molecule has 1 aliphatic carbocycles. The summed E-state index contributed by atoms with van der Waals surface area (Å²) in [5.74, 6) is 1.54. The molecule has 3 unspecified atom stereocenters. The van der Waals surface area contributed by atoms with Crippen LogP contribution in [0.5, 0.6) is 11.5 Å². The van der Waals surface area contributed by atoms with Gasteiger partial charge < -0.3 is 14.4 Å². The smallest absolute Gasteiger partial charge is 0.138 e. The maximum atomic E-state index is 13.6. The number of fused-ring (bicyclic) bond motifs is 1. The van der Waals surface area contributed by atoms with Crippen molar-refractivity contribution in [2.24, 2.45) is 5.92 Å². The first-order valence-corrected chi connectivity index (χ1v) is 9.54. The zero-order chi connectivity index (χ0) is 19.0. The van der Waals surface area contributed by atoms with Gasteiger partial charge in [-0.2, -0.15) is 5.26 Å². The lowest BCUT2D eigenvalue weighted by atomic mass is 10.1. The van der Waals surface area contributed by atoms with Gasteiger partial charge in [0.15, 0.2) is 0 Å². The maximum Gasteiger partial charge on any atom is 0.138 e. The molecule has 4 rings (SSSR count). The van der Waals surface area contributed by atoms with E-state index in [9.17, 15) is 4.39 Å². The molecule has 2 fully saturated rings. The van der Waals surface area contributed by atoms with Crippen molar-refractivity contribution in [1.29, 1.82) is 5.26 Å². The molecular formula is C21H20ClFN2O2. The van der Waals surface area contributed by atoms with Gasteiger partial charge in [0, 0.05) is 48.3 Å². The van der Waals surface area contributed by atoms with Crippen molar-refractivity contribution in [2.75, 3.05) is 18.6 Å². The van der Waals surface area contributed by atoms with Crippen molar-refractivity contribution in [2.45, 2.75) is 30.9 Å². The Morgan fingerprint density at radius 1 is 1.26 bits per heavy atom. The van der Waals surface area contributed by atoms with Gasteiger partial charge in [0.05, 0.1) is 18.6 Å². The minimum absolute atomic E-state index is 0.0651. The molecule has 0 spiro atoms. The summed E-state index contributed by atoms with van der Waals surface area (Å²) in [7, 11) is 1.58. The number of anilines is 1. The molecule has 3 atom stereocenters. The molecule has 1 saturated heterocycles. The van der Waals surface area contributed by atoms with Crippen LogP contribution in [0.2, 0.25) is 0 Å². The average molecular weight is 387 g/mol. The first-order chi connectivity index (χ1) is 13.1. The molecule has 2 aromatic rings. The molecular weight excluding hydrogens is 367 g/mol. The van der Waals surface area contributed by atoms with Crippen LogP contribution >= 0.6 is 11.6 Å². The van der Waals surface area contributed by atoms with Crippen molar-refractivity contribution < 1.29 is 13.9 Å². The lowest BCUT2D eigenvalue weighted by molar-refractivity contribution is 0.154. The summed E-state index contributed by atoms with van der Waals surface area (Å²) in [5.41, 5.74) is 2.41. The van der Waals surface area contributed by atoms with Gasteiger partial charge in [-0.15, -0.1) is 11.6 Å². The molecule has 0 aromatic heterocycles. The number of rotatable bonds is 5. The molecule has 1 saturated carbocycles. The molecule has 4 nitrogen and oxygen atoms in total. The highest BCUT2D eigenvalue weighted by molar-refractivity contribution is 6.17. The summed E-state index contributed by atoms with van der Waals surface area (Å²) >= 11 is 5.96. The van der Waals surface area contributed by atoms with E-state index in [-0.39, 0.29) is 11.9 Å². The number of nitriles is 1. The molecule has 2 aliphatic rings. The summed E-state index contributed by atoms with van der Waals surface area (Å²) < 4.78 is 25.1. The Labute approximate surface area is 163 Å². The first kappa shape index (κ1) is 17.9. The third kappa shape index (κ3) is 3.42. The van der Waals surface area contributed by atoms with Gasteiger partial charge in [-0.3, -0.25) is 0 Å². The third-order valence-electron chi connectivity index (χ3n) is 5.43. The van der Waals surface area contributed by atoms with Crippen molar-refractivity contribution >= 4 is 17.3 Å². The fourth-order valence-corrected chi connectivity index (χ4v) is 4.15. The van der Waals surface area contributed by atoms with E-state index in [1.165, 1.54) is 12.1 Å². The van der Waals surface area contributed by atoms with Crippen molar-refractivity contribution in [3.8, 4) is 17.6 Å². The quantitative estimate of drug-likeness (QED) is 0.710. The number of alkyl halides is 1. The Balaban J connectivity index is 1.48. The van der Waals surface area contributed by atoms with Crippen LogP contribution in [-0.2, 0) is 5.88 Å². The number of piperidine rings is 1. The zero-order valence-electron chi connectivity index (χ0n) is 15.0. The predicted molar refractivity (Wildman–Crippen MR) is 102 cm³/mol. The second-order valence-corrected chi connectivity index (χ2v) is 7.25. The highest BCUT2D eigenvalue weighted by Crippen LogP contribution is 2.47. The van der Waals surface area contributed by atoms with Crippen molar-refractivity contribution in [1.82, 2.24) is 0 Å². The molecule has 6 heteroatoms. The van der Waals surface area contributed by atoms with Gasteiger partial charge in [0.25, 0.3) is 0 Å². The molecule has 0 amide bonds. The number of ether oxygens (including phenoxy) is 2. The predicted octanol–water partition coefficient (Wildman–Crippen LogP) is 4.49. The van der Waals surface area contributed by atoms with Crippen LogP contribution in [0.1, 0.15) is 24.0 Å². The van der Waals surface area contributed by atoms with Crippen molar-refractivity contribution in [3.05, 3.63) is 53.3 Å². The zero-order valence-corrected chi connectivity index (χ0v) is 15.7. The summed E-state index contributed by atoms with van der Waals surface area (Å²) in [6, 6.07) is 12.7.